The first-order valence-electron chi connectivity index (χ1n) is 6.65. The molecule has 2 rings (SSSR count). The summed E-state index contributed by atoms with van der Waals surface area (Å²) in [6.07, 6.45) is 3.69. The van der Waals surface area contributed by atoms with E-state index in [-0.39, 0.29) is 5.91 Å². The third-order valence-electron chi connectivity index (χ3n) is 3.04. The van der Waals surface area contributed by atoms with Gasteiger partial charge in [0.1, 0.15) is 0 Å². The molecule has 4 heteroatoms. The van der Waals surface area contributed by atoms with Crippen molar-refractivity contribution in [1.29, 1.82) is 0 Å². The van der Waals surface area contributed by atoms with E-state index in [0.29, 0.717) is 11.6 Å². The number of carbonyl (C=O) groups excluding carboxylic acids is 1. The zero-order chi connectivity index (χ0) is 14.5. The van der Waals surface area contributed by atoms with Crippen molar-refractivity contribution in [1.82, 2.24) is 9.99 Å². The van der Waals surface area contributed by atoms with Crippen LogP contribution in [0.2, 0.25) is 0 Å². The largest absolute Gasteiger partial charge is 0.349 e. The molecule has 0 atom stereocenters. The highest BCUT2D eigenvalue weighted by atomic mass is 16.2. The molecule has 2 aromatic rings. The van der Waals surface area contributed by atoms with Crippen molar-refractivity contribution >= 4 is 12.1 Å². The van der Waals surface area contributed by atoms with Crippen LogP contribution in [-0.2, 0) is 0 Å². The van der Waals surface area contributed by atoms with Crippen molar-refractivity contribution in [2.24, 2.45) is 5.10 Å². The highest BCUT2D eigenvalue weighted by Gasteiger charge is 2.04. The molecule has 0 aliphatic carbocycles. The molecule has 1 heterocycles. The van der Waals surface area contributed by atoms with Gasteiger partial charge in [-0.2, -0.15) is 5.10 Å². The third kappa shape index (κ3) is 3.35. The van der Waals surface area contributed by atoms with Crippen LogP contribution >= 0.6 is 0 Å². The number of carbonyl (C=O) groups is 1. The van der Waals surface area contributed by atoms with Crippen LogP contribution in [0.15, 0.2) is 47.7 Å². The Bertz CT molecular complexity index is 612. The molecular formula is C16H19N3O. The molecule has 0 saturated carbocycles. The lowest BCUT2D eigenvalue weighted by atomic mass is 10.2. The number of aryl methyl sites for hydroxylation is 1. The predicted octanol–water partition coefficient (Wildman–Crippen LogP) is 3.14. The Morgan fingerprint density at radius 3 is 2.60 bits per heavy atom. The Morgan fingerprint density at radius 1 is 1.30 bits per heavy atom. The first-order chi connectivity index (χ1) is 9.58. The Hall–Kier alpha value is -2.36. The number of hydrogen-bond donors (Lipinski definition) is 1. The molecule has 1 aromatic carbocycles. The van der Waals surface area contributed by atoms with Gasteiger partial charge in [-0.05, 0) is 39.0 Å². The lowest BCUT2D eigenvalue weighted by Gasteiger charge is -2.08. The molecule has 0 aliphatic rings. The lowest BCUT2D eigenvalue weighted by Crippen LogP contribution is -2.17. The van der Waals surface area contributed by atoms with E-state index >= 15 is 0 Å². The quantitative estimate of drug-likeness (QED) is 0.672. The van der Waals surface area contributed by atoms with E-state index in [4.69, 9.17) is 0 Å². The maximum atomic E-state index is 11.8. The van der Waals surface area contributed by atoms with Crippen LogP contribution in [0.5, 0.6) is 0 Å². The Morgan fingerprint density at radius 2 is 2.00 bits per heavy atom. The average Bonchev–Trinajstić information content (AvgIpc) is 2.81. The molecule has 0 aliphatic heterocycles. The summed E-state index contributed by atoms with van der Waals surface area (Å²) in [5.74, 6) is -0.207. The summed E-state index contributed by atoms with van der Waals surface area (Å²) in [5, 5.41) is 3.99. The van der Waals surface area contributed by atoms with Gasteiger partial charge >= 0.3 is 0 Å². The molecule has 4 nitrogen and oxygen atoms in total. The zero-order valence-electron chi connectivity index (χ0n) is 12.0. The summed E-state index contributed by atoms with van der Waals surface area (Å²) in [7, 11) is 0. The van der Waals surface area contributed by atoms with Gasteiger partial charge in [0.2, 0.25) is 0 Å². The van der Waals surface area contributed by atoms with Crippen molar-refractivity contribution in [3.8, 4) is 0 Å². The minimum absolute atomic E-state index is 0.207. The predicted molar refractivity (Wildman–Crippen MR) is 81.1 cm³/mol. The minimum atomic E-state index is -0.207. The van der Waals surface area contributed by atoms with E-state index in [0.717, 1.165) is 5.56 Å². The number of nitrogens with zero attached hydrogens (tertiary/aromatic N) is 2. The van der Waals surface area contributed by atoms with Gasteiger partial charge in [-0.3, -0.25) is 4.79 Å². The van der Waals surface area contributed by atoms with Crippen LogP contribution in [0.3, 0.4) is 0 Å². The molecule has 20 heavy (non-hydrogen) atoms. The van der Waals surface area contributed by atoms with E-state index in [1.54, 1.807) is 18.3 Å². The monoisotopic (exact) mass is 269 g/mol. The van der Waals surface area contributed by atoms with Gasteiger partial charge in [-0.1, -0.05) is 18.2 Å². The molecule has 1 aromatic heterocycles. The number of amides is 1. The summed E-state index contributed by atoms with van der Waals surface area (Å²) in [6, 6.07) is 11.5. The molecular weight excluding hydrogens is 250 g/mol. The Balaban J connectivity index is 2.00. The van der Waals surface area contributed by atoms with Crippen molar-refractivity contribution in [2.75, 3.05) is 0 Å². The summed E-state index contributed by atoms with van der Waals surface area (Å²) < 4.78 is 2.17. The Kier molecular flexibility index (Phi) is 4.35. The molecule has 0 radical (unpaired) electrons. The topological polar surface area (TPSA) is 46.4 Å². The number of benzene rings is 1. The number of aromatic nitrogens is 1. The fourth-order valence-electron chi connectivity index (χ4n) is 2.06. The third-order valence-corrected chi connectivity index (χ3v) is 3.04. The molecule has 0 bridgehead atoms. The van der Waals surface area contributed by atoms with Gasteiger partial charge in [0, 0.05) is 29.1 Å². The van der Waals surface area contributed by atoms with Crippen LogP contribution < -0.4 is 5.43 Å². The van der Waals surface area contributed by atoms with Crippen molar-refractivity contribution in [2.45, 2.75) is 26.8 Å². The molecule has 0 saturated heterocycles. The summed E-state index contributed by atoms with van der Waals surface area (Å²) in [4.78, 5) is 11.8. The zero-order valence-corrected chi connectivity index (χ0v) is 12.0. The molecule has 1 amide bonds. The van der Waals surface area contributed by atoms with Gasteiger partial charge in [-0.15, -0.1) is 0 Å². The van der Waals surface area contributed by atoms with Crippen LogP contribution in [0.25, 0.3) is 0 Å². The second kappa shape index (κ2) is 6.19. The maximum Gasteiger partial charge on any atom is 0.271 e. The maximum absolute atomic E-state index is 11.8. The fraction of sp³-hybridized carbons (Fsp3) is 0.250. The van der Waals surface area contributed by atoms with Crippen molar-refractivity contribution in [3.05, 3.63) is 59.4 Å². The molecule has 0 fully saturated rings. The molecule has 0 spiro atoms. The number of rotatable bonds is 4. The number of hydrogen-bond acceptors (Lipinski definition) is 2. The van der Waals surface area contributed by atoms with Gasteiger partial charge in [0.15, 0.2) is 0 Å². The van der Waals surface area contributed by atoms with Crippen molar-refractivity contribution < 1.29 is 4.79 Å². The summed E-state index contributed by atoms with van der Waals surface area (Å²) in [6.45, 7) is 6.32. The van der Waals surface area contributed by atoms with E-state index in [1.165, 1.54) is 5.69 Å². The second-order valence-electron chi connectivity index (χ2n) is 4.98. The standard InChI is InChI=1S/C16H19N3O/c1-12(2)19-11-14(9-13(19)3)10-17-18-16(20)15-7-5-4-6-8-15/h4-12H,1-3H3,(H,18,20)/b17-10-. The average molecular weight is 269 g/mol. The molecule has 0 unspecified atom stereocenters. The minimum Gasteiger partial charge on any atom is -0.349 e. The van der Waals surface area contributed by atoms with Crippen molar-refractivity contribution in [3.63, 3.8) is 0 Å². The molecule has 1 N–H and O–H groups in total. The normalized spacial score (nSPS) is 11.2. The first kappa shape index (κ1) is 14.1. The van der Waals surface area contributed by atoms with Crippen LogP contribution in [-0.4, -0.2) is 16.7 Å². The van der Waals surface area contributed by atoms with E-state index in [2.05, 4.69) is 35.9 Å². The van der Waals surface area contributed by atoms with E-state index in [9.17, 15) is 4.79 Å². The van der Waals surface area contributed by atoms with Crippen LogP contribution in [0.4, 0.5) is 0 Å². The van der Waals surface area contributed by atoms with Crippen LogP contribution in [0, 0.1) is 6.92 Å². The summed E-state index contributed by atoms with van der Waals surface area (Å²) in [5.41, 5.74) is 5.28. The van der Waals surface area contributed by atoms with Gasteiger partial charge in [0.25, 0.3) is 5.91 Å². The highest BCUT2D eigenvalue weighted by molar-refractivity contribution is 5.94. The van der Waals surface area contributed by atoms with E-state index in [1.807, 2.05) is 30.5 Å². The highest BCUT2D eigenvalue weighted by Crippen LogP contribution is 2.12. The van der Waals surface area contributed by atoms with Gasteiger partial charge in [-0.25, -0.2) is 5.43 Å². The number of hydrazone groups is 1. The smallest absolute Gasteiger partial charge is 0.271 e. The number of nitrogens with one attached hydrogen (secondary N) is 1. The molecule has 104 valence electrons. The van der Waals surface area contributed by atoms with Crippen LogP contribution in [0.1, 0.15) is 41.5 Å². The SMILES string of the molecule is Cc1cc(/C=N\NC(=O)c2ccccc2)cn1C(C)C. The summed E-state index contributed by atoms with van der Waals surface area (Å²) >= 11 is 0. The lowest BCUT2D eigenvalue weighted by molar-refractivity contribution is 0.0955. The van der Waals surface area contributed by atoms with E-state index < -0.39 is 0 Å². The van der Waals surface area contributed by atoms with Gasteiger partial charge < -0.3 is 4.57 Å². The van der Waals surface area contributed by atoms with Gasteiger partial charge in [0.05, 0.1) is 6.21 Å². The first-order valence-corrected chi connectivity index (χ1v) is 6.65. The Labute approximate surface area is 119 Å². The second-order valence-corrected chi connectivity index (χ2v) is 4.98. The fourth-order valence-corrected chi connectivity index (χ4v) is 2.06.